The number of sulfonamides is 1. The number of ether oxygens (including phenoxy) is 1. The molecule has 164 valence electrons. The second-order valence-electron chi connectivity index (χ2n) is 6.71. The lowest BCUT2D eigenvalue weighted by Gasteiger charge is -2.16. The van der Waals surface area contributed by atoms with E-state index in [-0.39, 0.29) is 10.5 Å². The van der Waals surface area contributed by atoms with Gasteiger partial charge in [-0.2, -0.15) is 8.42 Å². The number of esters is 1. The molecule has 0 unspecified atom stereocenters. The highest BCUT2D eigenvalue weighted by atomic mass is 32.2. The summed E-state index contributed by atoms with van der Waals surface area (Å²) in [4.78, 5) is 18.3. The summed E-state index contributed by atoms with van der Waals surface area (Å²) in [5.41, 5.74) is 0.636. The average Bonchev–Trinajstić information content (AvgIpc) is 3.11. The molecule has 11 heteroatoms. The number of nitrogens with zero attached hydrogens (tertiary/aromatic N) is 4. The van der Waals surface area contributed by atoms with Crippen LogP contribution in [0.3, 0.4) is 0 Å². The van der Waals surface area contributed by atoms with Crippen molar-refractivity contribution in [1.82, 2.24) is 14.5 Å². The molecule has 0 aliphatic heterocycles. The number of rotatable bonds is 10. The van der Waals surface area contributed by atoms with Gasteiger partial charge in [-0.1, -0.05) is 13.3 Å². The first-order chi connectivity index (χ1) is 14.2. The van der Waals surface area contributed by atoms with Crippen molar-refractivity contribution in [3.05, 3.63) is 30.1 Å². The second-order valence-corrected chi connectivity index (χ2v) is 9.28. The number of hydrogen-bond donors (Lipinski definition) is 1. The van der Waals surface area contributed by atoms with Crippen molar-refractivity contribution in [2.75, 3.05) is 33.1 Å². The Kier molecular flexibility index (Phi) is 8.30. The van der Waals surface area contributed by atoms with Crippen molar-refractivity contribution in [3.63, 3.8) is 0 Å². The molecular weight excluding hydrogens is 426 g/mol. The van der Waals surface area contributed by atoms with Crippen LogP contribution in [0.4, 0.5) is 5.69 Å². The van der Waals surface area contributed by atoms with E-state index in [0.717, 1.165) is 12.8 Å². The van der Waals surface area contributed by atoms with Gasteiger partial charge in [-0.3, -0.25) is 0 Å². The smallest absolute Gasteiger partial charge is 0.337 e. The second kappa shape index (κ2) is 10.5. The average molecular weight is 454 g/mol. The lowest BCUT2D eigenvalue weighted by molar-refractivity contribution is 0.0600. The molecule has 1 N–H and O–H groups in total. The minimum Gasteiger partial charge on any atom is -0.465 e. The Morgan fingerprint density at radius 1 is 1.40 bits per heavy atom. The fourth-order valence-corrected chi connectivity index (χ4v) is 4.81. The van der Waals surface area contributed by atoms with Crippen LogP contribution in [0.1, 0.15) is 30.1 Å². The maximum Gasteiger partial charge on any atom is 0.337 e. The summed E-state index contributed by atoms with van der Waals surface area (Å²) < 4.78 is 36.5. The van der Waals surface area contributed by atoms with Crippen LogP contribution in [0.25, 0.3) is 0 Å². The first-order valence-corrected chi connectivity index (χ1v) is 11.6. The predicted molar refractivity (Wildman–Crippen MR) is 118 cm³/mol. The number of aryl methyl sites for hydroxylation is 1. The van der Waals surface area contributed by atoms with Crippen LogP contribution in [0.5, 0.6) is 0 Å². The van der Waals surface area contributed by atoms with E-state index in [1.807, 2.05) is 7.05 Å². The van der Waals surface area contributed by atoms with Crippen LogP contribution < -0.4 is 5.32 Å². The molecule has 0 spiro atoms. The van der Waals surface area contributed by atoms with Crippen molar-refractivity contribution in [1.29, 1.82) is 0 Å². The zero-order valence-corrected chi connectivity index (χ0v) is 19.4. The van der Waals surface area contributed by atoms with Gasteiger partial charge in [-0.15, -0.1) is 4.40 Å². The fraction of sp³-hybridized carbons (Fsp3) is 0.421. The van der Waals surface area contributed by atoms with Crippen LogP contribution >= 0.6 is 11.8 Å². The largest absolute Gasteiger partial charge is 0.465 e. The molecule has 0 amide bonds. The molecule has 0 aliphatic carbocycles. The molecule has 2 aromatic rings. The Morgan fingerprint density at radius 2 is 2.13 bits per heavy atom. The van der Waals surface area contributed by atoms with Gasteiger partial charge in [-0.05, 0) is 30.3 Å². The molecule has 0 atom stereocenters. The Bertz CT molecular complexity index is 1020. The lowest BCUT2D eigenvalue weighted by Crippen LogP contribution is -2.13. The molecular formula is C19H27N5O4S2. The Balaban J connectivity index is 2.71. The number of carbonyl (C=O) groups excluding carboxylic acids is 1. The van der Waals surface area contributed by atoms with Crippen LogP contribution in [0.2, 0.25) is 0 Å². The summed E-state index contributed by atoms with van der Waals surface area (Å²) in [6.07, 6.45) is 6.46. The van der Waals surface area contributed by atoms with Gasteiger partial charge >= 0.3 is 5.97 Å². The quantitative estimate of drug-likeness (QED) is 0.253. The fourth-order valence-electron chi connectivity index (χ4n) is 2.42. The number of nitrogens with one attached hydrogen (secondary N) is 1. The van der Waals surface area contributed by atoms with Crippen molar-refractivity contribution in [2.24, 2.45) is 11.4 Å². The highest BCUT2D eigenvalue weighted by Gasteiger charge is 2.25. The summed E-state index contributed by atoms with van der Waals surface area (Å²) in [6, 6.07) is 2.89. The number of benzene rings is 1. The van der Waals surface area contributed by atoms with Crippen LogP contribution in [0.15, 0.2) is 43.9 Å². The molecule has 1 heterocycles. The lowest BCUT2D eigenvalue weighted by atomic mass is 10.2. The van der Waals surface area contributed by atoms with Gasteiger partial charge in [0.15, 0.2) is 5.16 Å². The summed E-state index contributed by atoms with van der Waals surface area (Å²) >= 11 is 1.19. The van der Waals surface area contributed by atoms with E-state index >= 15 is 0 Å². The maximum absolute atomic E-state index is 13.1. The first-order valence-electron chi connectivity index (χ1n) is 9.32. The van der Waals surface area contributed by atoms with Crippen LogP contribution in [-0.4, -0.2) is 62.9 Å². The summed E-state index contributed by atoms with van der Waals surface area (Å²) in [6.45, 7) is 2.68. The van der Waals surface area contributed by atoms with Gasteiger partial charge in [0.1, 0.15) is 11.2 Å². The van der Waals surface area contributed by atoms with E-state index < -0.39 is 16.0 Å². The van der Waals surface area contributed by atoms with E-state index in [1.165, 1.54) is 36.2 Å². The molecule has 0 aliphatic rings. The van der Waals surface area contributed by atoms with E-state index in [2.05, 4.69) is 21.6 Å². The highest BCUT2D eigenvalue weighted by Crippen LogP contribution is 2.39. The van der Waals surface area contributed by atoms with E-state index in [1.54, 1.807) is 37.1 Å². The van der Waals surface area contributed by atoms with Gasteiger partial charge < -0.3 is 19.5 Å². The zero-order chi connectivity index (χ0) is 22.3. The number of imidazole rings is 1. The minimum atomic E-state index is -4.10. The third-order valence-electron chi connectivity index (χ3n) is 3.99. The minimum absolute atomic E-state index is 0.0875. The highest BCUT2D eigenvalue weighted by molar-refractivity contribution is 8.00. The Morgan fingerprint density at radius 3 is 2.70 bits per heavy atom. The molecule has 0 fully saturated rings. The van der Waals surface area contributed by atoms with Crippen molar-refractivity contribution in [3.8, 4) is 0 Å². The third kappa shape index (κ3) is 5.99. The third-order valence-corrected chi connectivity index (χ3v) is 6.59. The number of unbranched alkanes of at least 4 members (excludes halogenated alkanes) is 1. The van der Waals surface area contributed by atoms with Gasteiger partial charge in [0.2, 0.25) is 0 Å². The van der Waals surface area contributed by atoms with Crippen molar-refractivity contribution < 1.29 is 17.9 Å². The van der Waals surface area contributed by atoms with Crippen molar-refractivity contribution >= 4 is 39.8 Å². The van der Waals surface area contributed by atoms with Crippen LogP contribution in [0, 0.1) is 0 Å². The topological polar surface area (TPSA) is 106 Å². The molecule has 1 aromatic carbocycles. The molecule has 2 rings (SSSR count). The van der Waals surface area contributed by atoms with Gasteiger partial charge in [0, 0.05) is 40.1 Å². The normalized spacial score (nSPS) is 11.6. The van der Waals surface area contributed by atoms with E-state index in [0.29, 0.717) is 22.3 Å². The van der Waals surface area contributed by atoms with E-state index in [4.69, 9.17) is 4.74 Å². The Hall–Kier alpha value is -2.53. The molecule has 0 radical (unpaired) electrons. The number of carbonyl (C=O) groups is 1. The standard InChI is InChI=1S/C19H27N5O4S2/c1-6-7-8-20-15-11-14(18(25)28-5)12-16(30(26,27)22-13-23(2)3)17(15)29-19-21-9-10-24(19)4/h9-13,20H,6-8H2,1-5H3. The molecule has 0 bridgehead atoms. The van der Waals surface area contributed by atoms with Gasteiger partial charge in [0.05, 0.1) is 23.3 Å². The summed E-state index contributed by atoms with van der Waals surface area (Å²) in [7, 11) is 2.32. The molecule has 30 heavy (non-hydrogen) atoms. The van der Waals surface area contributed by atoms with Crippen molar-refractivity contribution in [2.45, 2.75) is 34.7 Å². The SMILES string of the molecule is CCCCNc1cc(C(=O)OC)cc(S(=O)(=O)N=CN(C)C)c1Sc1nccn1C. The van der Waals surface area contributed by atoms with Gasteiger partial charge in [0.25, 0.3) is 10.0 Å². The van der Waals surface area contributed by atoms with E-state index in [9.17, 15) is 13.2 Å². The van der Waals surface area contributed by atoms with Gasteiger partial charge in [-0.25, -0.2) is 9.78 Å². The predicted octanol–water partition coefficient (Wildman–Crippen LogP) is 2.85. The molecule has 9 nitrogen and oxygen atoms in total. The maximum atomic E-state index is 13.1. The van der Waals surface area contributed by atoms with Crippen LogP contribution in [-0.2, 0) is 21.8 Å². The number of methoxy groups -OCH3 is 1. The molecule has 1 aromatic heterocycles. The zero-order valence-electron chi connectivity index (χ0n) is 17.7. The summed E-state index contributed by atoms with van der Waals surface area (Å²) in [5.74, 6) is -0.630. The number of aromatic nitrogens is 2. The Labute approximate surface area is 181 Å². The summed E-state index contributed by atoms with van der Waals surface area (Å²) in [5, 5.41) is 3.85. The number of hydrogen-bond acceptors (Lipinski definition) is 7. The molecule has 0 saturated carbocycles. The number of anilines is 1. The first kappa shape index (κ1) is 23.7. The molecule has 0 saturated heterocycles. The monoisotopic (exact) mass is 453 g/mol.